The van der Waals surface area contributed by atoms with Gasteiger partial charge in [0, 0.05) is 49.9 Å². The lowest BCUT2D eigenvalue weighted by Crippen LogP contribution is -2.45. The predicted octanol–water partition coefficient (Wildman–Crippen LogP) is 3.86. The van der Waals surface area contributed by atoms with Crippen LogP contribution in [0.15, 0.2) is 24.8 Å². The largest absolute Gasteiger partial charge is 0.314 e. The second-order valence-corrected chi connectivity index (χ2v) is 4.95. The van der Waals surface area contributed by atoms with Gasteiger partial charge in [0.05, 0.1) is 0 Å². The van der Waals surface area contributed by atoms with Crippen LogP contribution in [-0.2, 0) is 0 Å². The van der Waals surface area contributed by atoms with Crippen LogP contribution in [-0.4, -0.2) is 31.1 Å². The zero-order valence-corrected chi connectivity index (χ0v) is 13.8. The van der Waals surface area contributed by atoms with Gasteiger partial charge < -0.3 is 5.32 Å². The number of halogens is 5. The molecule has 1 atom stereocenters. The highest BCUT2D eigenvalue weighted by Crippen LogP contribution is 2.31. The molecule has 1 N–H and O–H groups in total. The Morgan fingerprint density at radius 3 is 2.18 bits per heavy atom. The first-order valence-electron chi connectivity index (χ1n) is 6.83. The standard InChI is InChI=1S/C15H19F3N2.2ClH/c1-2-3-4-14(20-7-5-19-6-8-20)15-12(17)9-11(16)10-13(15)18;;/h2,9-10,14,19H,1,3-8H2;2*1H/t14-;;/m1../s1. The zero-order chi connectivity index (χ0) is 14.5. The van der Waals surface area contributed by atoms with E-state index in [1.807, 2.05) is 4.90 Å². The van der Waals surface area contributed by atoms with Crippen LogP contribution in [0.25, 0.3) is 0 Å². The molecule has 126 valence electrons. The fourth-order valence-electron chi connectivity index (χ4n) is 2.65. The Hall–Kier alpha value is -0.750. The summed E-state index contributed by atoms with van der Waals surface area (Å²) in [5, 5.41) is 3.21. The summed E-state index contributed by atoms with van der Waals surface area (Å²) in [5.41, 5.74) is -0.0323. The molecule has 22 heavy (non-hydrogen) atoms. The molecule has 1 aliphatic heterocycles. The van der Waals surface area contributed by atoms with E-state index < -0.39 is 17.5 Å². The molecule has 1 saturated heterocycles. The molecule has 1 heterocycles. The minimum atomic E-state index is -0.883. The second kappa shape index (κ2) is 10.1. The van der Waals surface area contributed by atoms with Crippen LogP contribution in [0.1, 0.15) is 24.4 Å². The molecular formula is C15H21Cl2F3N2. The first kappa shape index (κ1) is 21.2. The maximum Gasteiger partial charge on any atom is 0.133 e. The average molecular weight is 357 g/mol. The SMILES string of the molecule is C=CCC[C@H](c1c(F)cc(F)cc1F)N1CCNCC1.Cl.Cl. The van der Waals surface area contributed by atoms with E-state index in [-0.39, 0.29) is 36.4 Å². The number of hydrogen-bond donors (Lipinski definition) is 1. The molecule has 0 aliphatic carbocycles. The van der Waals surface area contributed by atoms with Gasteiger partial charge in [0.1, 0.15) is 17.5 Å². The highest BCUT2D eigenvalue weighted by molar-refractivity contribution is 5.85. The van der Waals surface area contributed by atoms with Crippen molar-refractivity contribution in [1.29, 1.82) is 0 Å². The van der Waals surface area contributed by atoms with Gasteiger partial charge in [-0.2, -0.15) is 0 Å². The summed E-state index contributed by atoms with van der Waals surface area (Å²) in [6, 6.07) is 1.12. The Morgan fingerprint density at radius 1 is 1.14 bits per heavy atom. The fraction of sp³-hybridized carbons (Fsp3) is 0.467. The lowest BCUT2D eigenvalue weighted by molar-refractivity contribution is 0.159. The summed E-state index contributed by atoms with van der Waals surface area (Å²) in [7, 11) is 0. The van der Waals surface area contributed by atoms with E-state index in [1.165, 1.54) is 0 Å². The molecule has 0 aromatic heterocycles. The molecule has 1 aromatic rings. The number of rotatable bonds is 5. The number of nitrogens with zero attached hydrogens (tertiary/aromatic N) is 1. The van der Waals surface area contributed by atoms with Gasteiger partial charge in [-0.25, -0.2) is 13.2 Å². The monoisotopic (exact) mass is 356 g/mol. The molecule has 0 unspecified atom stereocenters. The fourth-order valence-corrected chi connectivity index (χ4v) is 2.65. The van der Waals surface area contributed by atoms with Crippen LogP contribution in [0.5, 0.6) is 0 Å². The van der Waals surface area contributed by atoms with Crippen molar-refractivity contribution in [2.75, 3.05) is 26.2 Å². The molecule has 7 heteroatoms. The summed E-state index contributed by atoms with van der Waals surface area (Å²) in [6.45, 7) is 6.67. The molecule has 0 radical (unpaired) electrons. The van der Waals surface area contributed by atoms with E-state index in [4.69, 9.17) is 0 Å². The van der Waals surface area contributed by atoms with E-state index >= 15 is 0 Å². The van der Waals surface area contributed by atoms with Gasteiger partial charge in [-0.3, -0.25) is 4.90 Å². The first-order valence-corrected chi connectivity index (χ1v) is 6.83. The van der Waals surface area contributed by atoms with Crippen molar-refractivity contribution >= 4 is 24.8 Å². The van der Waals surface area contributed by atoms with Crippen molar-refractivity contribution in [2.45, 2.75) is 18.9 Å². The topological polar surface area (TPSA) is 15.3 Å². The van der Waals surface area contributed by atoms with Crippen LogP contribution >= 0.6 is 24.8 Å². The Balaban J connectivity index is 0.00000220. The molecule has 0 bridgehead atoms. The summed E-state index contributed by atoms with van der Waals surface area (Å²) < 4.78 is 41.0. The van der Waals surface area contributed by atoms with Gasteiger partial charge in [-0.15, -0.1) is 31.4 Å². The summed E-state index contributed by atoms with van der Waals surface area (Å²) in [5.74, 6) is -2.50. The number of nitrogens with one attached hydrogen (secondary N) is 1. The Labute approximate surface area is 141 Å². The van der Waals surface area contributed by atoms with E-state index in [1.54, 1.807) is 6.08 Å². The molecular weight excluding hydrogens is 336 g/mol. The number of allylic oxidation sites excluding steroid dienone is 1. The Kier molecular flexibility index (Phi) is 9.76. The van der Waals surface area contributed by atoms with Crippen molar-refractivity contribution in [1.82, 2.24) is 10.2 Å². The van der Waals surface area contributed by atoms with E-state index in [0.717, 1.165) is 38.3 Å². The molecule has 1 aliphatic rings. The molecule has 2 nitrogen and oxygen atoms in total. The van der Waals surface area contributed by atoms with E-state index in [0.29, 0.717) is 12.8 Å². The molecule has 0 spiro atoms. The van der Waals surface area contributed by atoms with Gasteiger partial charge in [-0.05, 0) is 12.8 Å². The lowest BCUT2D eigenvalue weighted by atomic mass is 9.98. The zero-order valence-electron chi connectivity index (χ0n) is 12.2. The predicted molar refractivity (Wildman–Crippen MR) is 87.4 cm³/mol. The van der Waals surface area contributed by atoms with Gasteiger partial charge in [0.2, 0.25) is 0 Å². The maximum atomic E-state index is 14.0. The third kappa shape index (κ3) is 5.16. The highest BCUT2D eigenvalue weighted by Gasteiger charge is 2.27. The Bertz CT molecular complexity index is 457. The number of piperazine rings is 1. The molecule has 1 aromatic carbocycles. The number of hydrogen-bond acceptors (Lipinski definition) is 2. The highest BCUT2D eigenvalue weighted by atomic mass is 35.5. The minimum Gasteiger partial charge on any atom is -0.314 e. The van der Waals surface area contributed by atoms with Crippen LogP contribution < -0.4 is 5.32 Å². The molecule has 2 rings (SSSR count). The third-order valence-corrected chi connectivity index (χ3v) is 3.61. The van der Waals surface area contributed by atoms with Gasteiger partial charge >= 0.3 is 0 Å². The molecule has 1 fully saturated rings. The Morgan fingerprint density at radius 2 is 1.68 bits per heavy atom. The normalized spacial score (nSPS) is 16.3. The summed E-state index contributed by atoms with van der Waals surface area (Å²) >= 11 is 0. The minimum absolute atomic E-state index is 0. The van der Waals surface area contributed by atoms with Crippen LogP contribution in [0.4, 0.5) is 13.2 Å². The second-order valence-electron chi connectivity index (χ2n) is 4.95. The van der Waals surface area contributed by atoms with E-state index in [2.05, 4.69) is 11.9 Å². The summed E-state index contributed by atoms with van der Waals surface area (Å²) in [4.78, 5) is 2.04. The molecule has 0 amide bonds. The van der Waals surface area contributed by atoms with Gasteiger partial charge in [0.15, 0.2) is 0 Å². The number of benzene rings is 1. The van der Waals surface area contributed by atoms with E-state index in [9.17, 15) is 13.2 Å². The molecule has 0 saturated carbocycles. The van der Waals surface area contributed by atoms with Crippen molar-refractivity contribution in [2.24, 2.45) is 0 Å². The third-order valence-electron chi connectivity index (χ3n) is 3.61. The van der Waals surface area contributed by atoms with Crippen LogP contribution in [0.3, 0.4) is 0 Å². The first-order chi connectivity index (χ1) is 9.63. The summed E-state index contributed by atoms with van der Waals surface area (Å²) in [6.07, 6.45) is 2.96. The average Bonchev–Trinajstić information content (AvgIpc) is 2.42. The van der Waals surface area contributed by atoms with Crippen LogP contribution in [0, 0.1) is 17.5 Å². The maximum absolute atomic E-state index is 14.0. The van der Waals surface area contributed by atoms with Crippen molar-refractivity contribution < 1.29 is 13.2 Å². The van der Waals surface area contributed by atoms with Crippen LogP contribution in [0.2, 0.25) is 0 Å². The van der Waals surface area contributed by atoms with Crippen molar-refractivity contribution in [3.05, 3.63) is 47.8 Å². The quantitative estimate of drug-likeness (QED) is 0.805. The van der Waals surface area contributed by atoms with Gasteiger partial charge in [-0.1, -0.05) is 6.08 Å². The van der Waals surface area contributed by atoms with Crippen molar-refractivity contribution in [3.8, 4) is 0 Å². The van der Waals surface area contributed by atoms with Gasteiger partial charge in [0.25, 0.3) is 0 Å². The smallest absolute Gasteiger partial charge is 0.133 e. The lowest BCUT2D eigenvalue weighted by Gasteiger charge is -2.35. The van der Waals surface area contributed by atoms with Crippen molar-refractivity contribution in [3.63, 3.8) is 0 Å².